The van der Waals surface area contributed by atoms with Crippen molar-refractivity contribution < 1.29 is 14.6 Å². The Morgan fingerprint density at radius 1 is 1.24 bits per heavy atom. The van der Waals surface area contributed by atoms with Gasteiger partial charge in [-0.15, -0.1) is 0 Å². The summed E-state index contributed by atoms with van der Waals surface area (Å²) < 4.78 is 10.8. The molecular weight excluding hydrogens is 216 g/mol. The van der Waals surface area contributed by atoms with Crippen molar-refractivity contribution in [1.29, 1.82) is 0 Å². The first kappa shape index (κ1) is 13.8. The highest BCUT2D eigenvalue weighted by atomic mass is 16.5. The molecule has 1 unspecified atom stereocenters. The van der Waals surface area contributed by atoms with Gasteiger partial charge in [-0.1, -0.05) is 26.8 Å². The van der Waals surface area contributed by atoms with Crippen molar-refractivity contribution in [3.8, 4) is 11.5 Å². The van der Waals surface area contributed by atoms with Gasteiger partial charge in [-0.2, -0.15) is 0 Å². The molecule has 1 aromatic rings. The number of hydrogen-bond acceptors (Lipinski definition) is 3. The average molecular weight is 238 g/mol. The van der Waals surface area contributed by atoms with E-state index in [0.29, 0.717) is 6.61 Å². The smallest absolute Gasteiger partial charge is 0.123 e. The van der Waals surface area contributed by atoms with Crippen molar-refractivity contribution in [2.45, 2.75) is 20.8 Å². The third-order valence-electron chi connectivity index (χ3n) is 2.94. The first-order valence-corrected chi connectivity index (χ1v) is 5.85. The lowest BCUT2D eigenvalue weighted by atomic mass is 9.82. The predicted molar refractivity (Wildman–Crippen MR) is 68.5 cm³/mol. The molecule has 0 amide bonds. The maximum absolute atomic E-state index is 9.34. The largest absolute Gasteiger partial charge is 0.497 e. The van der Waals surface area contributed by atoms with Gasteiger partial charge < -0.3 is 14.6 Å². The average Bonchev–Trinajstić information content (AvgIpc) is 2.28. The Balaban J connectivity index is 2.59. The molecule has 17 heavy (non-hydrogen) atoms. The van der Waals surface area contributed by atoms with Gasteiger partial charge in [0.05, 0.1) is 13.7 Å². The van der Waals surface area contributed by atoms with Crippen molar-refractivity contribution >= 4 is 0 Å². The lowest BCUT2D eigenvalue weighted by molar-refractivity contribution is 0.0817. The van der Waals surface area contributed by atoms with Crippen LogP contribution < -0.4 is 9.47 Å². The maximum atomic E-state index is 9.34. The summed E-state index contributed by atoms with van der Waals surface area (Å²) in [6, 6.07) is 7.50. The molecule has 0 spiro atoms. The van der Waals surface area contributed by atoms with Gasteiger partial charge in [0.25, 0.3) is 0 Å². The second-order valence-electron chi connectivity index (χ2n) is 5.24. The van der Waals surface area contributed by atoms with Crippen LogP contribution in [0.2, 0.25) is 0 Å². The van der Waals surface area contributed by atoms with Crippen LogP contribution in [0.5, 0.6) is 11.5 Å². The fourth-order valence-corrected chi connectivity index (χ4v) is 1.46. The van der Waals surface area contributed by atoms with Gasteiger partial charge in [0.2, 0.25) is 0 Å². The van der Waals surface area contributed by atoms with Gasteiger partial charge in [-0.25, -0.2) is 0 Å². The number of hydrogen-bond donors (Lipinski definition) is 1. The summed E-state index contributed by atoms with van der Waals surface area (Å²) in [5.41, 5.74) is 0.0353. The van der Waals surface area contributed by atoms with Crippen LogP contribution in [0.4, 0.5) is 0 Å². The Hall–Kier alpha value is -1.22. The SMILES string of the molecule is COc1cccc(OCC(CO)C(C)(C)C)c1. The Bertz CT molecular complexity index is 342. The van der Waals surface area contributed by atoms with Gasteiger partial charge in [0, 0.05) is 18.6 Å². The normalized spacial score (nSPS) is 13.2. The van der Waals surface area contributed by atoms with Crippen LogP contribution in [-0.4, -0.2) is 25.4 Å². The van der Waals surface area contributed by atoms with Gasteiger partial charge in [-0.05, 0) is 17.5 Å². The number of aliphatic hydroxyl groups excluding tert-OH is 1. The number of aliphatic hydroxyl groups is 1. The highest BCUT2D eigenvalue weighted by Crippen LogP contribution is 2.27. The molecule has 0 bridgehead atoms. The van der Waals surface area contributed by atoms with E-state index in [1.807, 2.05) is 24.3 Å². The summed E-state index contributed by atoms with van der Waals surface area (Å²) in [5.74, 6) is 1.67. The van der Waals surface area contributed by atoms with Crippen molar-refractivity contribution in [1.82, 2.24) is 0 Å². The third kappa shape index (κ3) is 4.27. The van der Waals surface area contributed by atoms with Gasteiger partial charge in [-0.3, -0.25) is 0 Å². The fraction of sp³-hybridized carbons (Fsp3) is 0.571. The molecule has 0 fully saturated rings. The second-order valence-corrected chi connectivity index (χ2v) is 5.24. The molecule has 0 aliphatic heterocycles. The van der Waals surface area contributed by atoms with Crippen LogP contribution in [0.15, 0.2) is 24.3 Å². The zero-order valence-corrected chi connectivity index (χ0v) is 11.1. The van der Waals surface area contributed by atoms with E-state index in [-0.39, 0.29) is 17.9 Å². The van der Waals surface area contributed by atoms with E-state index < -0.39 is 0 Å². The lowest BCUT2D eigenvalue weighted by Crippen LogP contribution is -2.29. The molecule has 0 aromatic heterocycles. The van der Waals surface area contributed by atoms with Crippen LogP contribution in [0.1, 0.15) is 20.8 Å². The highest BCUT2D eigenvalue weighted by Gasteiger charge is 2.24. The summed E-state index contributed by atoms with van der Waals surface area (Å²) >= 11 is 0. The molecule has 0 saturated carbocycles. The molecule has 3 nitrogen and oxygen atoms in total. The molecule has 0 radical (unpaired) electrons. The Kier molecular flexibility index (Phi) is 4.82. The van der Waals surface area contributed by atoms with Crippen LogP contribution in [0.3, 0.4) is 0 Å². The van der Waals surface area contributed by atoms with E-state index >= 15 is 0 Å². The van der Waals surface area contributed by atoms with Crippen molar-refractivity contribution in [2.24, 2.45) is 11.3 Å². The summed E-state index contributed by atoms with van der Waals surface area (Å²) in [7, 11) is 1.63. The van der Waals surface area contributed by atoms with E-state index in [9.17, 15) is 5.11 Å². The Morgan fingerprint density at radius 2 is 1.88 bits per heavy atom. The van der Waals surface area contributed by atoms with Gasteiger partial charge >= 0.3 is 0 Å². The minimum Gasteiger partial charge on any atom is -0.497 e. The maximum Gasteiger partial charge on any atom is 0.123 e. The standard InChI is InChI=1S/C14H22O3/c1-14(2,3)11(9-15)10-17-13-7-5-6-12(8-13)16-4/h5-8,11,15H,9-10H2,1-4H3. The first-order valence-electron chi connectivity index (χ1n) is 5.85. The van der Waals surface area contributed by atoms with Crippen molar-refractivity contribution in [3.63, 3.8) is 0 Å². The van der Waals surface area contributed by atoms with Crippen LogP contribution >= 0.6 is 0 Å². The molecule has 0 aliphatic rings. The summed E-state index contributed by atoms with van der Waals surface area (Å²) in [6.07, 6.45) is 0. The molecule has 3 heteroatoms. The van der Waals surface area contributed by atoms with Crippen LogP contribution in [0, 0.1) is 11.3 Å². The van der Waals surface area contributed by atoms with E-state index in [1.165, 1.54) is 0 Å². The van der Waals surface area contributed by atoms with Crippen molar-refractivity contribution in [3.05, 3.63) is 24.3 Å². The summed E-state index contributed by atoms with van der Waals surface area (Å²) in [4.78, 5) is 0. The number of benzene rings is 1. The summed E-state index contributed by atoms with van der Waals surface area (Å²) in [5, 5.41) is 9.34. The van der Waals surface area contributed by atoms with E-state index in [0.717, 1.165) is 11.5 Å². The monoisotopic (exact) mass is 238 g/mol. The molecule has 0 aliphatic carbocycles. The Morgan fingerprint density at radius 3 is 2.41 bits per heavy atom. The van der Waals surface area contributed by atoms with E-state index in [2.05, 4.69) is 20.8 Å². The number of rotatable bonds is 5. The zero-order valence-electron chi connectivity index (χ0n) is 11.1. The first-order chi connectivity index (χ1) is 7.97. The molecule has 96 valence electrons. The predicted octanol–water partition coefficient (Wildman–Crippen LogP) is 2.73. The second kappa shape index (κ2) is 5.92. The number of methoxy groups -OCH3 is 1. The quantitative estimate of drug-likeness (QED) is 0.857. The molecule has 0 saturated heterocycles. The third-order valence-corrected chi connectivity index (χ3v) is 2.94. The highest BCUT2D eigenvalue weighted by molar-refractivity contribution is 5.32. The topological polar surface area (TPSA) is 38.7 Å². The van der Waals surface area contributed by atoms with Gasteiger partial charge in [0.1, 0.15) is 11.5 Å². The van der Waals surface area contributed by atoms with Gasteiger partial charge in [0.15, 0.2) is 0 Å². The summed E-state index contributed by atoms with van der Waals surface area (Å²) in [6.45, 7) is 6.94. The molecular formula is C14H22O3. The van der Waals surface area contributed by atoms with Crippen LogP contribution in [-0.2, 0) is 0 Å². The lowest BCUT2D eigenvalue weighted by Gasteiger charge is -2.28. The molecule has 1 N–H and O–H groups in total. The molecule has 0 heterocycles. The minimum atomic E-state index is 0.0353. The number of ether oxygens (including phenoxy) is 2. The fourth-order valence-electron chi connectivity index (χ4n) is 1.46. The molecule has 1 rings (SSSR count). The van der Waals surface area contributed by atoms with E-state index in [4.69, 9.17) is 9.47 Å². The Labute approximate surface area is 103 Å². The minimum absolute atomic E-state index is 0.0353. The molecule has 1 atom stereocenters. The van der Waals surface area contributed by atoms with Crippen LogP contribution in [0.25, 0.3) is 0 Å². The molecule has 1 aromatic carbocycles. The van der Waals surface area contributed by atoms with Crippen molar-refractivity contribution in [2.75, 3.05) is 20.3 Å². The van der Waals surface area contributed by atoms with E-state index in [1.54, 1.807) is 7.11 Å². The zero-order chi connectivity index (χ0) is 12.9.